The number of nitrogens with one attached hydrogen (secondary N) is 2. The molecule has 0 aromatic heterocycles. The number of hydrogen-bond donors (Lipinski definition) is 2. The van der Waals surface area contributed by atoms with Crippen LogP contribution in [0.5, 0.6) is 0 Å². The van der Waals surface area contributed by atoms with Gasteiger partial charge in [-0.2, -0.15) is 0 Å². The van der Waals surface area contributed by atoms with Crippen LogP contribution < -0.4 is 4.72 Å². The van der Waals surface area contributed by atoms with E-state index in [0.29, 0.717) is 6.61 Å². The summed E-state index contributed by atoms with van der Waals surface area (Å²) < 4.78 is 30.7. The van der Waals surface area contributed by atoms with Crippen molar-refractivity contribution in [1.29, 1.82) is 5.41 Å². The van der Waals surface area contributed by atoms with Gasteiger partial charge < -0.3 is 4.74 Å². The molecule has 1 aromatic rings. The van der Waals surface area contributed by atoms with Crippen molar-refractivity contribution in [3.05, 3.63) is 29.8 Å². The molecule has 0 unspecified atom stereocenters. The number of benzene rings is 1. The SMILES string of the molecule is CCOC(=N)CNS(=O)(=O)c1ccc(C)cc1. The average molecular weight is 256 g/mol. The zero-order valence-electron chi connectivity index (χ0n) is 9.86. The predicted molar refractivity (Wildman–Crippen MR) is 65.7 cm³/mol. The van der Waals surface area contributed by atoms with E-state index in [1.807, 2.05) is 6.92 Å². The Balaban J connectivity index is 2.69. The summed E-state index contributed by atoms with van der Waals surface area (Å²) in [7, 11) is -3.56. The van der Waals surface area contributed by atoms with Crippen LogP contribution in [0.4, 0.5) is 0 Å². The van der Waals surface area contributed by atoms with Crippen molar-refractivity contribution < 1.29 is 13.2 Å². The fraction of sp³-hybridized carbons (Fsp3) is 0.364. The topological polar surface area (TPSA) is 79.2 Å². The highest BCUT2D eigenvalue weighted by Gasteiger charge is 2.14. The highest BCUT2D eigenvalue weighted by Crippen LogP contribution is 2.09. The Hall–Kier alpha value is -1.40. The molecule has 0 heterocycles. The zero-order chi connectivity index (χ0) is 12.9. The first-order valence-electron chi connectivity index (χ1n) is 5.22. The van der Waals surface area contributed by atoms with Crippen molar-refractivity contribution in [2.24, 2.45) is 0 Å². The van der Waals surface area contributed by atoms with Crippen molar-refractivity contribution >= 4 is 15.9 Å². The van der Waals surface area contributed by atoms with Gasteiger partial charge in [-0.05, 0) is 26.0 Å². The van der Waals surface area contributed by atoms with Crippen LogP contribution in [-0.4, -0.2) is 27.5 Å². The van der Waals surface area contributed by atoms with E-state index in [2.05, 4.69) is 4.72 Å². The lowest BCUT2D eigenvalue weighted by Gasteiger charge is -2.08. The molecule has 0 aliphatic heterocycles. The van der Waals surface area contributed by atoms with E-state index in [1.54, 1.807) is 19.1 Å². The van der Waals surface area contributed by atoms with Crippen molar-refractivity contribution in [3.8, 4) is 0 Å². The number of hydrogen-bond acceptors (Lipinski definition) is 4. The van der Waals surface area contributed by atoms with E-state index in [9.17, 15) is 8.42 Å². The van der Waals surface area contributed by atoms with Crippen LogP contribution in [0, 0.1) is 12.3 Å². The zero-order valence-corrected chi connectivity index (χ0v) is 10.7. The predicted octanol–water partition coefficient (Wildman–Crippen LogP) is 1.29. The lowest BCUT2D eigenvalue weighted by atomic mass is 10.2. The quantitative estimate of drug-likeness (QED) is 0.615. The lowest BCUT2D eigenvalue weighted by molar-refractivity contribution is 0.317. The first kappa shape index (κ1) is 13.7. The normalized spacial score (nSPS) is 11.2. The first-order chi connectivity index (χ1) is 7.95. The third kappa shape index (κ3) is 4.16. The number of rotatable bonds is 5. The van der Waals surface area contributed by atoms with Gasteiger partial charge in [0.05, 0.1) is 18.0 Å². The van der Waals surface area contributed by atoms with E-state index < -0.39 is 10.0 Å². The van der Waals surface area contributed by atoms with Crippen LogP contribution in [-0.2, 0) is 14.8 Å². The van der Waals surface area contributed by atoms with E-state index in [1.165, 1.54) is 12.1 Å². The van der Waals surface area contributed by atoms with Crippen LogP contribution in [0.3, 0.4) is 0 Å². The molecule has 0 bridgehead atoms. The van der Waals surface area contributed by atoms with Gasteiger partial charge in [-0.15, -0.1) is 0 Å². The largest absolute Gasteiger partial charge is 0.480 e. The minimum absolute atomic E-state index is 0.0943. The van der Waals surface area contributed by atoms with E-state index in [4.69, 9.17) is 10.1 Å². The minimum atomic E-state index is -3.56. The summed E-state index contributed by atoms with van der Waals surface area (Å²) in [6, 6.07) is 6.51. The van der Waals surface area contributed by atoms with Crippen LogP contribution >= 0.6 is 0 Å². The maximum atomic E-state index is 11.8. The van der Waals surface area contributed by atoms with Gasteiger partial charge >= 0.3 is 0 Å². The second kappa shape index (κ2) is 5.79. The molecule has 94 valence electrons. The molecule has 2 N–H and O–H groups in total. The Morgan fingerprint density at radius 2 is 1.94 bits per heavy atom. The van der Waals surface area contributed by atoms with Crippen LogP contribution in [0.1, 0.15) is 12.5 Å². The summed E-state index contributed by atoms with van der Waals surface area (Å²) in [6.07, 6.45) is 0. The van der Waals surface area contributed by atoms with Gasteiger partial charge in [0.25, 0.3) is 0 Å². The van der Waals surface area contributed by atoms with Gasteiger partial charge in [-0.25, -0.2) is 13.1 Å². The number of ether oxygens (including phenoxy) is 1. The van der Waals surface area contributed by atoms with Gasteiger partial charge in [0.2, 0.25) is 10.0 Å². The van der Waals surface area contributed by atoms with Crippen LogP contribution in [0.2, 0.25) is 0 Å². The molecule has 0 spiro atoms. The summed E-state index contributed by atoms with van der Waals surface area (Å²) in [5, 5.41) is 7.32. The molecule has 0 aliphatic rings. The third-order valence-corrected chi connectivity index (χ3v) is 3.49. The molecule has 0 aliphatic carbocycles. The van der Waals surface area contributed by atoms with Gasteiger partial charge in [-0.3, -0.25) is 5.41 Å². The Morgan fingerprint density at radius 1 is 1.35 bits per heavy atom. The Labute approximate surface area is 101 Å². The van der Waals surface area contributed by atoms with Crippen molar-refractivity contribution in [1.82, 2.24) is 4.72 Å². The number of aryl methyl sites for hydroxylation is 1. The van der Waals surface area contributed by atoms with Crippen LogP contribution in [0.25, 0.3) is 0 Å². The molecular formula is C11H16N2O3S. The molecule has 0 saturated carbocycles. The summed E-state index contributed by atoms with van der Waals surface area (Å²) in [6.45, 7) is 3.84. The second-order valence-electron chi connectivity index (χ2n) is 3.49. The third-order valence-electron chi connectivity index (χ3n) is 2.07. The van der Waals surface area contributed by atoms with Crippen molar-refractivity contribution in [3.63, 3.8) is 0 Å². The summed E-state index contributed by atoms with van der Waals surface area (Å²) in [4.78, 5) is 0.187. The molecule has 0 amide bonds. The van der Waals surface area contributed by atoms with E-state index in [0.717, 1.165) is 5.56 Å². The lowest BCUT2D eigenvalue weighted by Crippen LogP contribution is -2.30. The van der Waals surface area contributed by atoms with Gasteiger partial charge in [0, 0.05) is 0 Å². The summed E-state index contributed by atoms with van der Waals surface area (Å²) >= 11 is 0. The van der Waals surface area contributed by atoms with Crippen LogP contribution in [0.15, 0.2) is 29.2 Å². The molecule has 0 saturated heterocycles. The Bertz CT molecular complexity index is 480. The average Bonchev–Trinajstić information content (AvgIpc) is 2.28. The molecule has 1 rings (SSSR count). The molecule has 0 radical (unpaired) electrons. The summed E-state index contributed by atoms with van der Waals surface area (Å²) in [5.41, 5.74) is 0.992. The molecule has 6 heteroatoms. The summed E-state index contributed by atoms with van der Waals surface area (Å²) in [5.74, 6) is -0.0943. The highest BCUT2D eigenvalue weighted by molar-refractivity contribution is 7.89. The standard InChI is InChI=1S/C11H16N2O3S/c1-3-16-11(12)8-13-17(14,15)10-6-4-9(2)5-7-10/h4-7,12-13H,3,8H2,1-2H3. The number of sulfonamides is 1. The monoisotopic (exact) mass is 256 g/mol. The molecule has 0 fully saturated rings. The van der Waals surface area contributed by atoms with Gasteiger partial charge in [-0.1, -0.05) is 17.7 Å². The molecule has 17 heavy (non-hydrogen) atoms. The van der Waals surface area contributed by atoms with Crippen molar-refractivity contribution in [2.45, 2.75) is 18.7 Å². The van der Waals surface area contributed by atoms with Gasteiger partial charge in [0.15, 0.2) is 5.90 Å². The molecule has 1 aromatic carbocycles. The second-order valence-corrected chi connectivity index (χ2v) is 5.26. The maximum absolute atomic E-state index is 11.8. The highest BCUT2D eigenvalue weighted by atomic mass is 32.2. The molecular weight excluding hydrogens is 240 g/mol. The maximum Gasteiger partial charge on any atom is 0.241 e. The minimum Gasteiger partial charge on any atom is -0.480 e. The molecule has 0 atom stereocenters. The smallest absolute Gasteiger partial charge is 0.241 e. The van der Waals surface area contributed by atoms with E-state index in [-0.39, 0.29) is 17.3 Å². The fourth-order valence-corrected chi connectivity index (χ4v) is 2.17. The van der Waals surface area contributed by atoms with E-state index >= 15 is 0 Å². The Kier molecular flexibility index (Phi) is 4.65. The van der Waals surface area contributed by atoms with Crippen molar-refractivity contribution in [2.75, 3.05) is 13.2 Å². The molecule has 5 nitrogen and oxygen atoms in total. The first-order valence-corrected chi connectivity index (χ1v) is 6.70. The van der Waals surface area contributed by atoms with Gasteiger partial charge in [0.1, 0.15) is 0 Å². The fourth-order valence-electron chi connectivity index (χ4n) is 1.19. The Morgan fingerprint density at radius 3 is 2.47 bits per heavy atom.